The zero-order valence-corrected chi connectivity index (χ0v) is 17.2. The van der Waals surface area contributed by atoms with Crippen molar-refractivity contribution in [3.8, 4) is 5.75 Å². The highest BCUT2D eigenvalue weighted by molar-refractivity contribution is 7.89. The van der Waals surface area contributed by atoms with Gasteiger partial charge in [-0.3, -0.25) is 4.79 Å². The van der Waals surface area contributed by atoms with Gasteiger partial charge in [-0.2, -0.15) is 0 Å². The van der Waals surface area contributed by atoms with E-state index >= 15 is 0 Å². The van der Waals surface area contributed by atoms with Gasteiger partial charge in [0.15, 0.2) is 6.61 Å². The average molecular weight is 415 g/mol. The third-order valence-electron chi connectivity index (χ3n) is 5.38. The first-order valence-corrected chi connectivity index (χ1v) is 11.4. The summed E-state index contributed by atoms with van der Waals surface area (Å²) in [5.41, 5.74) is 0. The number of benzene rings is 1. The molecule has 2 aliphatic rings. The van der Waals surface area contributed by atoms with Gasteiger partial charge in [0.25, 0.3) is 5.91 Å². The Morgan fingerprint density at radius 1 is 1.22 bits per heavy atom. The van der Waals surface area contributed by atoms with E-state index < -0.39 is 10.0 Å². The van der Waals surface area contributed by atoms with Crippen molar-refractivity contribution in [3.63, 3.8) is 0 Å². The standard InChI is InChI=1S/C19H27ClN2O4S/c1-14-8-10-22(11-9-14)19(23)13-26-18-7-6-16(12-17(18)20)27(24,25)21-15-4-2-3-5-15/h6-7,12,14-15,21H,2-5,8-11,13H2,1H3. The van der Waals surface area contributed by atoms with E-state index in [1.165, 1.54) is 18.2 Å². The van der Waals surface area contributed by atoms with Crippen LogP contribution in [0.15, 0.2) is 23.1 Å². The Balaban J connectivity index is 1.58. The van der Waals surface area contributed by atoms with Crippen LogP contribution in [0, 0.1) is 5.92 Å². The minimum Gasteiger partial charge on any atom is -0.482 e. The number of nitrogens with zero attached hydrogens (tertiary/aromatic N) is 1. The summed E-state index contributed by atoms with van der Waals surface area (Å²) in [5.74, 6) is 0.893. The van der Waals surface area contributed by atoms with E-state index in [4.69, 9.17) is 16.3 Å². The number of carbonyl (C=O) groups is 1. The number of hydrogen-bond acceptors (Lipinski definition) is 4. The summed E-state index contributed by atoms with van der Waals surface area (Å²) in [5, 5.41) is 0.185. The second-order valence-electron chi connectivity index (χ2n) is 7.55. The molecule has 3 rings (SSSR count). The van der Waals surface area contributed by atoms with Gasteiger partial charge in [-0.15, -0.1) is 0 Å². The summed E-state index contributed by atoms with van der Waals surface area (Å²) >= 11 is 6.20. The topological polar surface area (TPSA) is 75.7 Å². The van der Waals surface area contributed by atoms with Gasteiger partial charge in [0, 0.05) is 19.1 Å². The molecule has 1 saturated heterocycles. The van der Waals surface area contributed by atoms with Gasteiger partial charge in [0.05, 0.1) is 9.92 Å². The number of rotatable bonds is 6. The first kappa shape index (κ1) is 20.4. The molecule has 6 nitrogen and oxygen atoms in total. The largest absolute Gasteiger partial charge is 0.482 e. The lowest BCUT2D eigenvalue weighted by molar-refractivity contribution is -0.134. The number of amides is 1. The number of halogens is 1. The summed E-state index contributed by atoms with van der Waals surface area (Å²) in [6.45, 7) is 3.60. The predicted molar refractivity (Wildman–Crippen MR) is 105 cm³/mol. The van der Waals surface area contributed by atoms with Gasteiger partial charge in [0.1, 0.15) is 5.75 Å². The molecule has 27 heavy (non-hydrogen) atoms. The second-order valence-corrected chi connectivity index (χ2v) is 9.67. The monoisotopic (exact) mass is 414 g/mol. The van der Waals surface area contributed by atoms with Gasteiger partial charge in [-0.05, 0) is 49.8 Å². The highest BCUT2D eigenvalue weighted by atomic mass is 35.5. The molecule has 0 radical (unpaired) electrons. The quantitative estimate of drug-likeness (QED) is 0.775. The van der Waals surface area contributed by atoms with Gasteiger partial charge in [-0.25, -0.2) is 13.1 Å². The van der Waals surface area contributed by atoms with Gasteiger partial charge in [-0.1, -0.05) is 31.4 Å². The van der Waals surface area contributed by atoms with Crippen molar-refractivity contribution in [2.45, 2.75) is 56.4 Å². The fraction of sp³-hybridized carbons (Fsp3) is 0.632. The SMILES string of the molecule is CC1CCN(C(=O)COc2ccc(S(=O)(=O)NC3CCCC3)cc2Cl)CC1. The maximum atomic E-state index is 12.5. The molecule has 0 bridgehead atoms. The highest BCUT2D eigenvalue weighted by Crippen LogP contribution is 2.28. The fourth-order valence-corrected chi connectivity index (χ4v) is 5.22. The summed E-state index contributed by atoms with van der Waals surface area (Å²) in [6.07, 6.45) is 5.84. The summed E-state index contributed by atoms with van der Waals surface area (Å²) in [6, 6.07) is 4.35. The predicted octanol–water partition coefficient (Wildman–Crippen LogP) is 3.20. The lowest BCUT2D eigenvalue weighted by atomic mass is 9.99. The molecule has 1 heterocycles. The molecule has 0 unspecified atom stereocenters. The van der Waals surface area contributed by atoms with Crippen molar-refractivity contribution in [2.24, 2.45) is 5.92 Å². The highest BCUT2D eigenvalue weighted by Gasteiger charge is 2.24. The van der Waals surface area contributed by atoms with Crippen molar-refractivity contribution in [1.82, 2.24) is 9.62 Å². The Bertz CT molecular complexity index is 770. The zero-order chi connectivity index (χ0) is 19.4. The first-order chi connectivity index (χ1) is 12.8. The molecule has 0 atom stereocenters. The molecule has 2 fully saturated rings. The van der Waals surface area contributed by atoms with Gasteiger partial charge in [0.2, 0.25) is 10.0 Å². The maximum Gasteiger partial charge on any atom is 0.260 e. The maximum absolute atomic E-state index is 12.5. The average Bonchev–Trinajstić information content (AvgIpc) is 3.13. The Morgan fingerprint density at radius 3 is 2.52 bits per heavy atom. The molecular weight excluding hydrogens is 388 g/mol. The third kappa shape index (κ3) is 5.36. The summed E-state index contributed by atoms with van der Waals surface area (Å²) in [4.78, 5) is 14.2. The van der Waals surface area contributed by atoms with Crippen LogP contribution < -0.4 is 9.46 Å². The number of carbonyl (C=O) groups excluding carboxylic acids is 1. The van der Waals surface area contributed by atoms with Crippen molar-refractivity contribution in [2.75, 3.05) is 19.7 Å². The van der Waals surface area contributed by atoms with Crippen LogP contribution in [-0.4, -0.2) is 45.0 Å². The summed E-state index contributed by atoms with van der Waals surface area (Å²) < 4.78 is 33.2. The van der Waals surface area contributed by atoms with Crippen LogP contribution in [0.5, 0.6) is 5.75 Å². The van der Waals surface area contributed by atoms with E-state index in [2.05, 4.69) is 11.6 Å². The van der Waals surface area contributed by atoms with Crippen LogP contribution >= 0.6 is 11.6 Å². The van der Waals surface area contributed by atoms with E-state index in [0.717, 1.165) is 51.6 Å². The lowest BCUT2D eigenvalue weighted by Gasteiger charge is -2.30. The van der Waals surface area contributed by atoms with E-state index in [0.29, 0.717) is 11.7 Å². The Hall–Kier alpha value is -1.31. The summed E-state index contributed by atoms with van der Waals surface area (Å²) in [7, 11) is -3.60. The molecule has 150 valence electrons. The lowest BCUT2D eigenvalue weighted by Crippen LogP contribution is -2.40. The molecule has 1 N–H and O–H groups in total. The molecule has 1 aromatic rings. The number of nitrogens with one attached hydrogen (secondary N) is 1. The van der Waals surface area contributed by atoms with Crippen LogP contribution in [0.2, 0.25) is 5.02 Å². The number of piperidine rings is 1. The van der Waals surface area contributed by atoms with Crippen LogP contribution in [0.1, 0.15) is 45.4 Å². The number of sulfonamides is 1. The van der Waals surface area contributed by atoms with Crippen LogP contribution in [0.25, 0.3) is 0 Å². The van der Waals surface area contributed by atoms with E-state index in [1.807, 2.05) is 0 Å². The van der Waals surface area contributed by atoms with E-state index in [9.17, 15) is 13.2 Å². The van der Waals surface area contributed by atoms with Crippen molar-refractivity contribution >= 4 is 27.5 Å². The van der Waals surface area contributed by atoms with Crippen molar-refractivity contribution in [3.05, 3.63) is 23.2 Å². The van der Waals surface area contributed by atoms with Crippen LogP contribution in [-0.2, 0) is 14.8 Å². The fourth-order valence-electron chi connectivity index (χ4n) is 3.59. The van der Waals surface area contributed by atoms with E-state index in [-0.39, 0.29) is 28.5 Å². The number of likely N-dealkylation sites (tertiary alicyclic amines) is 1. The minimum absolute atomic E-state index is 0.00501. The van der Waals surface area contributed by atoms with Gasteiger partial charge >= 0.3 is 0 Å². The minimum atomic E-state index is -3.60. The van der Waals surface area contributed by atoms with Crippen molar-refractivity contribution in [1.29, 1.82) is 0 Å². The number of ether oxygens (including phenoxy) is 1. The molecule has 0 aromatic heterocycles. The second kappa shape index (κ2) is 8.80. The molecule has 0 spiro atoms. The molecule has 1 saturated carbocycles. The van der Waals surface area contributed by atoms with E-state index in [1.54, 1.807) is 4.90 Å². The normalized spacial score (nSPS) is 19.4. The van der Waals surface area contributed by atoms with Crippen LogP contribution in [0.3, 0.4) is 0 Å². The Kier molecular flexibility index (Phi) is 6.65. The molecular formula is C19H27ClN2O4S. The van der Waals surface area contributed by atoms with Crippen molar-refractivity contribution < 1.29 is 17.9 Å². The Labute approximate surface area is 166 Å². The van der Waals surface area contributed by atoms with Crippen LogP contribution in [0.4, 0.5) is 0 Å². The first-order valence-electron chi connectivity index (χ1n) is 9.57. The molecule has 1 aliphatic heterocycles. The van der Waals surface area contributed by atoms with Gasteiger partial charge < -0.3 is 9.64 Å². The molecule has 8 heteroatoms. The molecule has 1 amide bonds. The Morgan fingerprint density at radius 2 is 1.89 bits per heavy atom. The third-order valence-corrected chi connectivity index (χ3v) is 7.19. The zero-order valence-electron chi connectivity index (χ0n) is 15.6. The molecule has 1 aromatic carbocycles. The molecule has 1 aliphatic carbocycles. The smallest absolute Gasteiger partial charge is 0.260 e. The number of hydrogen-bond donors (Lipinski definition) is 1.